The average molecular weight is 192 g/mol. The maximum Gasteiger partial charge on any atom is 0.115 e. The van der Waals surface area contributed by atoms with Crippen molar-refractivity contribution in [3.8, 4) is 5.75 Å². The van der Waals surface area contributed by atoms with E-state index in [-0.39, 0.29) is 0 Å². The highest BCUT2D eigenvalue weighted by Gasteiger charge is 2.17. The smallest absolute Gasteiger partial charge is 0.115 e. The fourth-order valence-electron chi connectivity index (χ4n) is 1.98. The second-order valence-corrected chi connectivity index (χ2v) is 4.76. The Morgan fingerprint density at radius 1 is 1.29 bits per heavy atom. The van der Waals surface area contributed by atoms with Gasteiger partial charge in [0.1, 0.15) is 5.75 Å². The van der Waals surface area contributed by atoms with Crippen molar-refractivity contribution in [1.29, 1.82) is 0 Å². The molecule has 0 saturated heterocycles. The minimum absolute atomic E-state index is 0.336. The van der Waals surface area contributed by atoms with Gasteiger partial charge in [0.05, 0.1) is 0 Å². The summed E-state index contributed by atoms with van der Waals surface area (Å²) in [5.41, 5.74) is 1.56. The lowest BCUT2D eigenvalue weighted by Crippen LogP contribution is -2.14. The Morgan fingerprint density at radius 2 is 2.00 bits per heavy atom. The zero-order valence-electron chi connectivity index (χ0n) is 9.38. The first-order chi connectivity index (χ1) is 6.53. The summed E-state index contributed by atoms with van der Waals surface area (Å²) in [4.78, 5) is 0. The molecule has 0 aromatic heterocycles. The summed E-state index contributed by atoms with van der Waals surface area (Å²) in [7, 11) is 0. The highest BCUT2D eigenvalue weighted by atomic mass is 16.3. The molecule has 1 heteroatoms. The predicted molar refractivity (Wildman–Crippen MR) is 60.5 cm³/mol. The van der Waals surface area contributed by atoms with E-state index in [4.69, 9.17) is 0 Å². The number of aromatic hydroxyl groups is 1. The first kappa shape index (κ1) is 11.1. The maximum atomic E-state index is 9.34. The molecule has 0 heterocycles. The topological polar surface area (TPSA) is 20.2 Å². The van der Waals surface area contributed by atoms with Gasteiger partial charge in [-0.3, -0.25) is 0 Å². The van der Waals surface area contributed by atoms with Gasteiger partial charge in [-0.1, -0.05) is 39.3 Å². The molecule has 0 aliphatic heterocycles. The van der Waals surface area contributed by atoms with Crippen LogP contribution in [0.25, 0.3) is 0 Å². The van der Waals surface area contributed by atoms with Gasteiger partial charge < -0.3 is 5.11 Å². The van der Waals surface area contributed by atoms with Crippen LogP contribution in [0.5, 0.6) is 5.75 Å². The monoisotopic (exact) mass is 192 g/mol. The van der Waals surface area contributed by atoms with Crippen LogP contribution in [0, 0.1) is 5.41 Å². The van der Waals surface area contributed by atoms with Crippen LogP contribution in [0.2, 0.25) is 0 Å². The Labute approximate surface area is 86.8 Å². The summed E-state index contributed by atoms with van der Waals surface area (Å²) in [6, 6.07) is 7.57. The minimum atomic E-state index is 0.336. The third kappa shape index (κ3) is 3.41. The zero-order valence-corrected chi connectivity index (χ0v) is 9.38. The summed E-state index contributed by atoms with van der Waals surface area (Å²) in [5, 5.41) is 9.34. The Hall–Kier alpha value is -0.980. The minimum Gasteiger partial charge on any atom is -0.508 e. The molecule has 0 aliphatic carbocycles. The molecule has 0 amide bonds. The fourth-order valence-corrected chi connectivity index (χ4v) is 1.98. The normalized spacial score (nSPS) is 11.6. The summed E-state index contributed by atoms with van der Waals surface area (Å²) in [5.74, 6) is 0.370. The third-order valence-electron chi connectivity index (χ3n) is 2.52. The largest absolute Gasteiger partial charge is 0.508 e. The quantitative estimate of drug-likeness (QED) is 0.770. The van der Waals surface area contributed by atoms with Crippen LogP contribution in [-0.2, 0) is 6.42 Å². The maximum absolute atomic E-state index is 9.34. The number of phenolic OH excluding ortho intramolecular Hbond substituents is 1. The second kappa shape index (κ2) is 4.50. The molecule has 0 bridgehead atoms. The van der Waals surface area contributed by atoms with Gasteiger partial charge in [0.15, 0.2) is 0 Å². The van der Waals surface area contributed by atoms with Crippen LogP contribution in [-0.4, -0.2) is 5.11 Å². The molecule has 1 aromatic carbocycles. The molecule has 1 rings (SSSR count). The molecule has 78 valence electrons. The number of hydrogen-bond acceptors (Lipinski definition) is 1. The molecule has 0 atom stereocenters. The number of phenols is 1. The Kier molecular flexibility index (Phi) is 3.56. The van der Waals surface area contributed by atoms with Crippen molar-refractivity contribution in [2.24, 2.45) is 5.41 Å². The second-order valence-electron chi connectivity index (χ2n) is 4.76. The molecule has 0 unspecified atom stereocenters. The zero-order chi connectivity index (χ0) is 10.6. The first-order valence-electron chi connectivity index (χ1n) is 5.31. The van der Waals surface area contributed by atoms with E-state index in [1.807, 2.05) is 12.1 Å². The van der Waals surface area contributed by atoms with Gasteiger partial charge in [-0.25, -0.2) is 0 Å². The van der Waals surface area contributed by atoms with Crippen molar-refractivity contribution < 1.29 is 5.11 Å². The van der Waals surface area contributed by atoms with Crippen LogP contribution in [0.4, 0.5) is 0 Å². The summed E-state index contributed by atoms with van der Waals surface area (Å²) >= 11 is 0. The van der Waals surface area contributed by atoms with Crippen molar-refractivity contribution in [3.63, 3.8) is 0 Å². The van der Waals surface area contributed by atoms with Crippen LogP contribution in [0.1, 0.15) is 39.2 Å². The Morgan fingerprint density at radius 3 is 2.57 bits per heavy atom. The van der Waals surface area contributed by atoms with E-state index < -0.39 is 0 Å². The van der Waals surface area contributed by atoms with Gasteiger partial charge in [0.2, 0.25) is 0 Å². The van der Waals surface area contributed by atoms with E-state index in [9.17, 15) is 5.11 Å². The molecule has 0 aliphatic rings. The van der Waals surface area contributed by atoms with E-state index >= 15 is 0 Å². The van der Waals surface area contributed by atoms with Gasteiger partial charge >= 0.3 is 0 Å². The van der Waals surface area contributed by atoms with Gasteiger partial charge in [-0.2, -0.15) is 0 Å². The summed E-state index contributed by atoms with van der Waals surface area (Å²) in [6.07, 6.45) is 3.48. The first-order valence-corrected chi connectivity index (χ1v) is 5.31. The summed E-state index contributed by atoms with van der Waals surface area (Å²) in [6.45, 7) is 6.77. The van der Waals surface area contributed by atoms with Crippen LogP contribution >= 0.6 is 0 Å². The molecule has 0 saturated carbocycles. The van der Waals surface area contributed by atoms with Gasteiger partial charge in [-0.05, 0) is 36.0 Å². The highest BCUT2D eigenvalue weighted by molar-refractivity contribution is 5.27. The van der Waals surface area contributed by atoms with Gasteiger partial charge in [0, 0.05) is 0 Å². The number of rotatable bonds is 4. The van der Waals surface area contributed by atoms with Crippen molar-refractivity contribution in [2.75, 3.05) is 0 Å². The Balaban J connectivity index is 2.68. The molecule has 14 heavy (non-hydrogen) atoms. The molecule has 0 fully saturated rings. The Bertz CT molecular complexity index is 289. The van der Waals surface area contributed by atoms with Crippen molar-refractivity contribution in [1.82, 2.24) is 0 Å². The SMILES string of the molecule is CCCC(C)(C)Cc1cccc(O)c1. The highest BCUT2D eigenvalue weighted by Crippen LogP contribution is 2.28. The van der Waals surface area contributed by atoms with Crippen molar-refractivity contribution in [2.45, 2.75) is 40.0 Å². The van der Waals surface area contributed by atoms with E-state index in [0.29, 0.717) is 11.2 Å². The predicted octanol–water partition coefficient (Wildman–Crippen LogP) is 3.76. The van der Waals surface area contributed by atoms with Crippen molar-refractivity contribution >= 4 is 0 Å². The van der Waals surface area contributed by atoms with Crippen LogP contribution < -0.4 is 0 Å². The molecular formula is C13H20O. The van der Waals surface area contributed by atoms with E-state index in [2.05, 4.69) is 26.8 Å². The summed E-state index contributed by atoms with van der Waals surface area (Å²) < 4.78 is 0. The molecule has 0 radical (unpaired) electrons. The lowest BCUT2D eigenvalue weighted by atomic mass is 9.82. The van der Waals surface area contributed by atoms with E-state index in [1.54, 1.807) is 6.07 Å². The molecular weight excluding hydrogens is 172 g/mol. The van der Waals surface area contributed by atoms with E-state index in [1.165, 1.54) is 18.4 Å². The number of benzene rings is 1. The van der Waals surface area contributed by atoms with Crippen LogP contribution in [0.3, 0.4) is 0 Å². The lowest BCUT2D eigenvalue weighted by molar-refractivity contribution is 0.328. The van der Waals surface area contributed by atoms with Crippen molar-refractivity contribution in [3.05, 3.63) is 29.8 Å². The third-order valence-corrected chi connectivity index (χ3v) is 2.52. The van der Waals surface area contributed by atoms with Crippen LogP contribution in [0.15, 0.2) is 24.3 Å². The standard InChI is InChI=1S/C13H20O/c1-4-8-13(2,3)10-11-6-5-7-12(14)9-11/h5-7,9,14H,4,8,10H2,1-3H3. The van der Waals surface area contributed by atoms with E-state index in [0.717, 1.165) is 6.42 Å². The van der Waals surface area contributed by atoms with Gasteiger partial charge in [0.25, 0.3) is 0 Å². The molecule has 1 N–H and O–H groups in total. The number of hydrogen-bond donors (Lipinski definition) is 1. The van der Waals surface area contributed by atoms with Gasteiger partial charge in [-0.15, -0.1) is 0 Å². The molecule has 1 nitrogen and oxygen atoms in total. The average Bonchev–Trinajstić information content (AvgIpc) is 2.02. The lowest BCUT2D eigenvalue weighted by Gasteiger charge is -2.24. The molecule has 0 spiro atoms. The fraction of sp³-hybridized carbons (Fsp3) is 0.538. The molecule has 1 aromatic rings.